The molecule has 7 nitrogen and oxygen atoms in total. The Kier molecular flexibility index (Phi) is 10.4. The molecule has 1 aromatic heterocycles. The number of likely N-dealkylation sites (N-methyl/N-ethyl adjacent to an activating group) is 1. The van der Waals surface area contributed by atoms with Crippen molar-refractivity contribution in [3.05, 3.63) is 34.0 Å². The van der Waals surface area contributed by atoms with Gasteiger partial charge in [-0.3, -0.25) is 5.32 Å². The maximum atomic E-state index is 12.1. The number of aliphatic hydroxyl groups is 2. The van der Waals surface area contributed by atoms with Crippen LogP contribution in [0, 0.1) is 11.8 Å². The summed E-state index contributed by atoms with van der Waals surface area (Å²) in [5.74, 6) is 1.92. The fraction of sp³-hybridized carbons (Fsp3) is 0.583. The summed E-state index contributed by atoms with van der Waals surface area (Å²) in [7, 11) is 1.38. The van der Waals surface area contributed by atoms with Crippen molar-refractivity contribution >= 4 is 23.3 Å². The molecule has 176 valence electrons. The van der Waals surface area contributed by atoms with Gasteiger partial charge in [0, 0.05) is 29.5 Å². The number of cyclic esters (lactones) is 2. The Bertz CT molecular complexity index is 848. The molecule has 32 heavy (non-hydrogen) atoms. The SMILES string of the molecule is CCCCCCCCCCC#Cc1csc(C2(O)OC(=O)/C=C\C(=O)OC2(CO)NC)c1. The first kappa shape index (κ1) is 26.1. The van der Waals surface area contributed by atoms with E-state index in [9.17, 15) is 19.8 Å². The third-order valence-electron chi connectivity index (χ3n) is 5.37. The van der Waals surface area contributed by atoms with E-state index in [1.54, 1.807) is 11.4 Å². The minimum absolute atomic E-state index is 0.175. The summed E-state index contributed by atoms with van der Waals surface area (Å²) in [4.78, 5) is 24.2. The van der Waals surface area contributed by atoms with Crippen LogP contribution in [0.1, 0.15) is 75.2 Å². The van der Waals surface area contributed by atoms with Crippen molar-refractivity contribution in [3.8, 4) is 11.8 Å². The second kappa shape index (κ2) is 12.8. The highest BCUT2D eigenvalue weighted by atomic mass is 32.1. The van der Waals surface area contributed by atoms with E-state index in [4.69, 9.17) is 9.47 Å². The van der Waals surface area contributed by atoms with Gasteiger partial charge >= 0.3 is 17.7 Å². The fourth-order valence-corrected chi connectivity index (χ4v) is 4.39. The van der Waals surface area contributed by atoms with E-state index >= 15 is 0 Å². The van der Waals surface area contributed by atoms with Crippen molar-refractivity contribution in [1.82, 2.24) is 5.32 Å². The Morgan fingerprint density at radius 2 is 1.66 bits per heavy atom. The van der Waals surface area contributed by atoms with Gasteiger partial charge in [0.25, 0.3) is 5.72 Å². The molecular formula is C24H33NO6S. The minimum atomic E-state index is -2.43. The van der Waals surface area contributed by atoms with Crippen LogP contribution >= 0.6 is 11.3 Å². The Balaban J connectivity index is 2.03. The van der Waals surface area contributed by atoms with Gasteiger partial charge in [0.15, 0.2) is 0 Å². The van der Waals surface area contributed by atoms with Crippen LogP contribution in [-0.4, -0.2) is 41.5 Å². The highest BCUT2D eigenvalue weighted by molar-refractivity contribution is 7.10. The molecule has 2 unspecified atom stereocenters. The van der Waals surface area contributed by atoms with Crippen LogP contribution in [0.15, 0.2) is 23.6 Å². The van der Waals surface area contributed by atoms with E-state index in [1.807, 2.05) is 0 Å². The molecule has 3 N–H and O–H groups in total. The molecule has 0 saturated carbocycles. The number of carbonyl (C=O) groups is 2. The molecule has 0 radical (unpaired) electrons. The molecule has 1 aliphatic rings. The number of carbonyl (C=O) groups excluding carboxylic acids is 2. The number of esters is 2. The second-order valence-corrected chi connectivity index (χ2v) is 8.69. The van der Waals surface area contributed by atoms with Crippen LogP contribution in [0.4, 0.5) is 0 Å². The molecule has 0 fully saturated rings. The monoisotopic (exact) mass is 463 g/mol. The molecule has 8 heteroatoms. The normalized spacial score (nSPS) is 24.0. The number of unbranched alkanes of at least 4 members (excludes halogenated alkanes) is 8. The van der Waals surface area contributed by atoms with E-state index < -0.39 is 30.1 Å². The highest BCUT2D eigenvalue weighted by Gasteiger charge is 2.59. The largest absolute Gasteiger partial charge is 0.430 e. The van der Waals surface area contributed by atoms with Gasteiger partial charge in [0.1, 0.15) is 6.61 Å². The van der Waals surface area contributed by atoms with Crippen LogP contribution in [-0.2, 0) is 24.8 Å². The average Bonchev–Trinajstić information content (AvgIpc) is 3.26. The fourth-order valence-electron chi connectivity index (χ4n) is 3.45. The molecule has 0 saturated heterocycles. The van der Waals surface area contributed by atoms with E-state index in [0.29, 0.717) is 5.56 Å². The van der Waals surface area contributed by atoms with E-state index in [2.05, 4.69) is 24.1 Å². The maximum Gasteiger partial charge on any atom is 0.334 e. The summed E-state index contributed by atoms with van der Waals surface area (Å²) >= 11 is 1.09. The van der Waals surface area contributed by atoms with Gasteiger partial charge in [-0.15, -0.1) is 11.3 Å². The summed E-state index contributed by atoms with van der Waals surface area (Å²) in [6.07, 6.45) is 12.4. The topological polar surface area (TPSA) is 105 Å². The average molecular weight is 464 g/mol. The molecular weight excluding hydrogens is 430 g/mol. The van der Waals surface area contributed by atoms with Crippen molar-refractivity contribution in [1.29, 1.82) is 0 Å². The van der Waals surface area contributed by atoms with Crippen LogP contribution < -0.4 is 5.32 Å². The quantitative estimate of drug-likeness (QED) is 0.263. The number of hydrogen-bond donors (Lipinski definition) is 3. The number of nitrogens with one attached hydrogen (secondary N) is 1. The minimum Gasteiger partial charge on any atom is -0.430 e. The highest BCUT2D eigenvalue weighted by Crippen LogP contribution is 2.39. The molecule has 2 atom stereocenters. The summed E-state index contributed by atoms with van der Waals surface area (Å²) in [5.41, 5.74) is -1.43. The molecule has 0 aliphatic carbocycles. The molecule has 2 rings (SSSR count). The maximum absolute atomic E-state index is 12.1. The zero-order chi connectivity index (χ0) is 23.5. The predicted molar refractivity (Wildman–Crippen MR) is 123 cm³/mol. The molecule has 0 bridgehead atoms. The standard InChI is InChI=1S/C24H33NO6S/c1-3-4-5-6-7-8-9-10-11-12-13-19-16-20(32-17-19)24(29)23(18-26,25-2)30-21(27)14-15-22(28)31-24/h14-17,25-26,29H,3-11,18H2,1-2H3/b15-14-. The summed E-state index contributed by atoms with van der Waals surface area (Å²) in [6.45, 7) is 1.39. The Hall–Kier alpha value is -2.18. The molecule has 0 spiro atoms. The smallest absolute Gasteiger partial charge is 0.334 e. The van der Waals surface area contributed by atoms with Crippen molar-refractivity contribution in [3.63, 3.8) is 0 Å². The molecule has 1 aromatic rings. The van der Waals surface area contributed by atoms with E-state index in [1.165, 1.54) is 45.6 Å². The summed E-state index contributed by atoms with van der Waals surface area (Å²) < 4.78 is 10.4. The summed E-state index contributed by atoms with van der Waals surface area (Å²) in [5, 5.41) is 25.5. The Morgan fingerprint density at radius 3 is 2.28 bits per heavy atom. The van der Waals surface area contributed by atoms with Gasteiger partial charge in [-0.05, 0) is 19.5 Å². The van der Waals surface area contributed by atoms with E-state index in [0.717, 1.165) is 42.8 Å². The van der Waals surface area contributed by atoms with Gasteiger partial charge < -0.3 is 19.7 Å². The predicted octanol–water partition coefficient (Wildman–Crippen LogP) is 3.34. The Morgan fingerprint density at radius 1 is 1.03 bits per heavy atom. The zero-order valence-corrected chi connectivity index (χ0v) is 19.6. The van der Waals surface area contributed by atoms with Gasteiger partial charge in [-0.2, -0.15) is 0 Å². The first-order valence-electron chi connectivity index (χ1n) is 11.1. The van der Waals surface area contributed by atoms with Gasteiger partial charge in [-0.1, -0.05) is 63.7 Å². The lowest BCUT2D eigenvalue weighted by Crippen LogP contribution is -2.66. The van der Waals surface area contributed by atoms with Crippen LogP contribution in [0.2, 0.25) is 0 Å². The molecule has 0 aromatic carbocycles. The number of rotatable bonds is 11. The molecule has 0 amide bonds. The van der Waals surface area contributed by atoms with Gasteiger partial charge in [0.2, 0.25) is 0 Å². The van der Waals surface area contributed by atoms with Crippen molar-refractivity contribution in [2.45, 2.75) is 76.2 Å². The van der Waals surface area contributed by atoms with Crippen molar-refractivity contribution in [2.75, 3.05) is 13.7 Å². The van der Waals surface area contributed by atoms with Crippen LogP contribution in [0.3, 0.4) is 0 Å². The first-order valence-corrected chi connectivity index (χ1v) is 12.0. The Labute approximate surface area is 193 Å². The number of hydrogen-bond acceptors (Lipinski definition) is 8. The number of aliphatic hydroxyl groups excluding tert-OH is 1. The number of thiophene rings is 1. The van der Waals surface area contributed by atoms with E-state index in [-0.39, 0.29) is 4.88 Å². The van der Waals surface area contributed by atoms with Crippen LogP contribution in [0.25, 0.3) is 0 Å². The van der Waals surface area contributed by atoms with Crippen molar-refractivity contribution in [2.24, 2.45) is 0 Å². The first-order chi connectivity index (χ1) is 15.4. The zero-order valence-electron chi connectivity index (χ0n) is 18.8. The summed E-state index contributed by atoms with van der Waals surface area (Å²) in [6, 6.07) is 1.57. The van der Waals surface area contributed by atoms with Gasteiger partial charge in [0.05, 0.1) is 4.88 Å². The lowest BCUT2D eigenvalue weighted by molar-refractivity contribution is -0.312. The lowest BCUT2D eigenvalue weighted by Gasteiger charge is -2.43. The molecule has 1 aliphatic heterocycles. The number of ether oxygens (including phenoxy) is 2. The van der Waals surface area contributed by atoms with Crippen molar-refractivity contribution < 1.29 is 29.3 Å². The second-order valence-electron chi connectivity index (χ2n) is 7.78. The third-order valence-corrected chi connectivity index (χ3v) is 6.39. The third kappa shape index (κ3) is 6.66. The lowest BCUT2D eigenvalue weighted by atomic mass is 9.99. The van der Waals surface area contributed by atoms with Gasteiger partial charge in [-0.25, -0.2) is 9.59 Å². The van der Waals surface area contributed by atoms with Crippen LogP contribution in [0.5, 0.6) is 0 Å². The molecule has 2 heterocycles.